The molecule has 0 aliphatic carbocycles. The molecular formula is C24H16N4. The molecule has 2 aromatic heterocycles. The summed E-state index contributed by atoms with van der Waals surface area (Å²) in [6.45, 7) is 0. The molecule has 132 valence electrons. The van der Waals surface area contributed by atoms with E-state index in [2.05, 4.69) is 22.1 Å². The second-order valence-electron chi connectivity index (χ2n) is 5.81. The number of hydrogen-bond acceptors (Lipinski definition) is 4. The molecule has 28 heavy (non-hydrogen) atoms. The van der Waals surface area contributed by atoms with Gasteiger partial charge in [0.15, 0.2) is 0 Å². The molecular weight excluding hydrogens is 344 g/mol. The van der Waals surface area contributed by atoms with Crippen LogP contribution in [0.1, 0.15) is 11.1 Å². The number of rotatable bonds is 2. The Morgan fingerprint density at radius 1 is 0.500 bits per heavy atom. The van der Waals surface area contributed by atoms with Gasteiger partial charge in [0.2, 0.25) is 0 Å². The maximum Gasteiger partial charge on any atom is 0.0991 e. The van der Waals surface area contributed by atoms with Crippen LogP contribution >= 0.6 is 0 Å². The Hall–Kier alpha value is -4.28. The lowest BCUT2D eigenvalue weighted by Gasteiger charge is -1.98. The summed E-state index contributed by atoms with van der Waals surface area (Å²) in [4.78, 5) is 8.44. The zero-order chi connectivity index (χ0) is 19.6. The summed E-state index contributed by atoms with van der Waals surface area (Å²) in [6, 6.07) is 30.5. The molecule has 2 aromatic carbocycles. The molecule has 0 radical (unpaired) electrons. The van der Waals surface area contributed by atoms with Crippen molar-refractivity contribution in [1.29, 1.82) is 10.5 Å². The molecule has 4 aromatic rings. The number of aromatic nitrogens is 2. The van der Waals surface area contributed by atoms with Gasteiger partial charge in [-0.15, -0.1) is 0 Å². The van der Waals surface area contributed by atoms with Gasteiger partial charge >= 0.3 is 0 Å². The molecule has 0 saturated carbocycles. The SMILES string of the molecule is N#Cc1ccc(-c2ccccn2)cc1.N#Cc1ccc(-c2ccccn2)cc1. The van der Waals surface area contributed by atoms with Gasteiger partial charge in [-0.2, -0.15) is 10.5 Å². The van der Waals surface area contributed by atoms with E-state index < -0.39 is 0 Å². The van der Waals surface area contributed by atoms with Gasteiger partial charge in [0.25, 0.3) is 0 Å². The van der Waals surface area contributed by atoms with E-state index in [0.717, 1.165) is 22.5 Å². The fourth-order valence-electron chi connectivity index (χ4n) is 2.50. The highest BCUT2D eigenvalue weighted by Gasteiger charge is 1.98. The van der Waals surface area contributed by atoms with Crippen LogP contribution in [0, 0.1) is 22.7 Å². The molecule has 2 heterocycles. The second-order valence-corrected chi connectivity index (χ2v) is 5.81. The summed E-state index contributed by atoms with van der Waals surface area (Å²) in [5.41, 5.74) is 5.26. The van der Waals surface area contributed by atoms with E-state index in [4.69, 9.17) is 10.5 Å². The lowest BCUT2D eigenvalue weighted by molar-refractivity contribution is 1.32. The molecule has 0 aliphatic rings. The first kappa shape index (κ1) is 18.5. The van der Waals surface area contributed by atoms with E-state index in [1.165, 1.54) is 0 Å². The second kappa shape index (κ2) is 9.43. The van der Waals surface area contributed by atoms with E-state index in [1.807, 2.05) is 60.7 Å². The summed E-state index contributed by atoms with van der Waals surface area (Å²) in [7, 11) is 0. The van der Waals surface area contributed by atoms with Crippen LogP contribution in [0.15, 0.2) is 97.3 Å². The molecule has 0 amide bonds. The minimum Gasteiger partial charge on any atom is -0.256 e. The van der Waals surface area contributed by atoms with Crippen molar-refractivity contribution in [3.8, 4) is 34.7 Å². The van der Waals surface area contributed by atoms with Crippen LogP contribution in [0.2, 0.25) is 0 Å². The van der Waals surface area contributed by atoms with Crippen LogP contribution in [-0.2, 0) is 0 Å². The first-order valence-electron chi connectivity index (χ1n) is 8.63. The van der Waals surface area contributed by atoms with Crippen molar-refractivity contribution in [2.75, 3.05) is 0 Å². The fraction of sp³-hybridized carbons (Fsp3) is 0. The number of nitriles is 2. The third-order valence-corrected chi connectivity index (χ3v) is 3.95. The normalized spacial score (nSPS) is 9.36. The van der Waals surface area contributed by atoms with Crippen molar-refractivity contribution in [2.45, 2.75) is 0 Å². The lowest BCUT2D eigenvalue weighted by Crippen LogP contribution is -1.81. The Balaban J connectivity index is 0.000000161. The molecule has 0 fully saturated rings. The highest BCUT2D eigenvalue weighted by Crippen LogP contribution is 2.17. The van der Waals surface area contributed by atoms with Crippen molar-refractivity contribution >= 4 is 0 Å². The number of hydrogen-bond donors (Lipinski definition) is 0. The number of pyridine rings is 2. The summed E-state index contributed by atoms with van der Waals surface area (Å²) in [5, 5.41) is 17.3. The summed E-state index contributed by atoms with van der Waals surface area (Å²) < 4.78 is 0. The first-order chi connectivity index (χ1) is 13.8. The molecule has 0 saturated heterocycles. The van der Waals surface area contributed by atoms with E-state index in [0.29, 0.717) is 11.1 Å². The molecule has 0 N–H and O–H groups in total. The quantitative estimate of drug-likeness (QED) is 0.490. The van der Waals surface area contributed by atoms with Crippen LogP contribution in [-0.4, -0.2) is 9.97 Å². The van der Waals surface area contributed by atoms with Crippen LogP contribution in [0.5, 0.6) is 0 Å². The molecule has 0 atom stereocenters. The van der Waals surface area contributed by atoms with Gasteiger partial charge < -0.3 is 0 Å². The largest absolute Gasteiger partial charge is 0.256 e. The molecule has 4 nitrogen and oxygen atoms in total. The van der Waals surface area contributed by atoms with Crippen LogP contribution < -0.4 is 0 Å². The smallest absolute Gasteiger partial charge is 0.0991 e. The fourth-order valence-corrected chi connectivity index (χ4v) is 2.50. The Kier molecular flexibility index (Phi) is 6.23. The van der Waals surface area contributed by atoms with Gasteiger partial charge in [-0.3, -0.25) is 9.97 Å². The molecule has 4 rings (SSSR count). The van der Waals surface area contributed by atoms with E-state index in [9.17, 15) is 0 Å². The minimum atomic E-state index is 0.671. The first-order valence-corrected chi connectivity index (χ1v) is 8.63. The standard InChI is InChI=1S/2C12H8N2/c2*13-9-10-4-6-11(7-5-10)12-3-1-2-8-14-12/h2*1-8H. The van der Waals surface area contributed by atoms with Crippen molar-refractivity contribution in [2.24, 2.45) is 0 Å². The average molecular weight is 360 g/mol. The van der Waals surface area contributed by atoms with Gasteiger partial charge in [-0.1, -0.05) is 36.4 Å². The van der Waals surface area contributed by atoms with Gasteiger partial charge in [-0.05, 0) is 48.5 Å². The van der Waals surface area contributed by atoms with Gasteiger partial charge in [0.1, 0.15) is 0 Å². The van der Waals surface area contributed by atoms with Crippen molar-refractivity contribution in [3.63, 3.8) is 0 Å². The molecule has 0 spiro atoms. The predicted octanol–water partition coefficient (Wildman–Crippen LogP) is 5.24. The maximum absolute atomic E-state index is 8.63. The highest BCUT2D eigenvalue weighted by molar-refractivity contribution is 5.60. The average Bonchev–Trinajstić information content (AvgIpc) is 2.81. The molecule has 4 heteroatoms. The molecule has 0 bridgehead atoms. The number of nitrogens with zero attached hydrogens (tertiary/aromatic N) is 4. The van der Waals surface area contributed by atoms with Crippen molar-refractivity contribution < 1.29 is 0 Å². The highest BCUT2D eigenvalue weighted by atomic mass is 14.7. The Morgan fingerprint density at radius 3 is 1.18 bits per heavy atom. The predicted molar refractivity (Wildman–Crippen MR) is 109 cm³/mol. The minimum absolute atomic E-state index is 0.671. The van der Waals surface area contributed by atoms with Gasteiger partial charge in [0.05, 0.1) is 34.7 Å². The zero-order valence-electron chi connectivity index (χ0n) is 15.0. The van der Waals surface area contributed by atoms with Gasteiger partial charge in [0, 0.05) is 23.5 Å². The van der Waals surface area contributed by atoms with Gasteiger partial charge in [-0.25, -0.2) is 0 Å². The Bertz CT molecular complexity index is 997. The van der Waals surface area contributed by atoms with Crippen molar-refractivity contribution in [3.05, 3.63) is 108 Å². The molecule has 0 aliphatic heterocycles. The monoisotopic (exact) mass is 360 g/mol. The third kappa shape index (κ3) is 4.88. The van der Waals surface area contributed by atoms with Crippen molar-refractivity contribution in [1.82, 2.24) is 9.97 Å². The zero-order valence-corrected chi connectivity index (χ0v) is 15.0. The van der Waals surface area contributed by atoms with E-state index >= 15 is 0 Å². The summed E-state index contributed by atoms with van der Waals surface area (Å²) in [6.07, 6.45) is 3.51. The third-order valence-electron chi connectivity index (χ3n) is 3.95. The lowest BCUT2D eigenvalue weighted by atomic mass is 10.1. The summed E-state index contributed by atoms with van der Waals surface area (Å²) in [5.74, 6) is 0. The van der Waals surface area contributed by atoms with Crippen LogP contribution in [0.4, 0.5) is 0 Å². The summed E-state index contributed by atoms with van der Waals surface area (Å²) >= 11 is 0. The Labute approximate surface area is 164 Å². The topological polar surface area (TPSA) is 73.4 Å². The van der Waals surface area contributed by atoms with Crippen LogP contribution in [0.25, 0.3) is 22.5 Å². The van der Waals surface area contributed by atoms with Crippen LogP contribution in [0.3, 0.4) is 0 Å². The Morgan fingerprint density at radius 2 is 0.893 bits per heavy atom. The van der Waals surface area contributed by atoms with E-state index in [-0.39, 0.29) is 0 Å². The maximum atomic E-state index is 8.63. The van der Waals surface area contributed by atoms with E-state index in [1.54, 1.807) is 36.7 Å². The molecule has 0 unspecified atom stereocenters. The number of benzene rings is 2.